The summed E-state index contributed by atoms with van der Waals surface area (Å²) in [5.74, 6) is -1.39. The third kappa shape index (κ3) is 4.75. The number of alkyl halides is 1. The van der Waals surface area contributed by atoms with E-state index in [9.17, 15) is 9.59 Å². The number of nitrogens with zero attached hydrogens (tertiary/aromatic N) is 4. The minimum atomic E-state index is -1.87. The molecule has 2 aromatic carbocycles. The van der Waals surface area contributed by atoms with Crippen LogP contribution in [0.2, 0.25) is 10.4 Å². The van der Waals surface area contributed by atoms with Crippen LogP contribution in [-0.4, -0.2) is 56.4 Å². The number of carbonyl (C=O) groups is 2. The first-order valence-electron chi connectivity index (χ1n) is 10.8. The quantitative estimate of drug-likeness (QED) is 0.204. The van der Waals surface area contributed by atoms with Crippen molar-refractivity contribution < 1.29 is 28.2 Å². The summed E-state index contributed by atoms with van der Waals surface area (Å²) in [7, 11) is 0. The molecule has 0 N–H and O–H groups in total. The van der Waals surface area contributed by atoms with Gasteiger partial charge in [0.25, 0.3) is 0 Å². The van der Waals surface area contributed by atoms with E-state index in [0.29, 0.717) is 5.56 Å². The monoisotopic (exact) mass is 530 g/mol. The SMILES string of the molecule is O=C(OC[C@H]1O[C@@H](n2cnc3nc(Cl)nc(Cl)c32)[C@@H](F)[C@@H]1OC(=O)c1ccccc1)c1ccccc1. The molecule has 2 aromatic heterocycles. The van der Waals surface area contributed by atoms with Gasteiger partial charge in [0, 0.05) is 0 Å². The van der Waals surface area contributed by atoms with Crippen molar-refractivity contribution in [1.82, 2.24) is 19.5 Å². The van der Waals surface area contributed by atoms with Crippen molar-refractivity contribution in [1.29, 1.82) is 0 Å². The summed E-state index contributed by atoms with van der Waals surface area (Å²) in [5.41, 5.74) is 0.854. The Balaban J connectivity index is 1.42. The average molecular weight is 531 g/mol. The molecular weight excluding hydrogens is 514 g/mol. The van der Waals surface area contributed by atoms with E-state index in [1.165, 1.54) is 23.0 Å². The lowest BCUT2D eigenvalue weighted by Crippen LogP contribution is -2.37. The van der Waals surface area contributed by atoms with Crippen molar-refractivity contribution in [3.05, 3.63) is 88.6 Å². The molecule has 0 amide bonds. The fourth-order valence-electron chi connectivity index (χ4n) is 3.85. The zero-order chi connectivity index (χ0) is 25.2. The number of benzene rings is 2. The van der Waals surface area contributed by atoms with E-state index in [2.05, 4.69) is 15.0 Å². The van der Waals surface area contributed by atoms with Gasteiger partial charge in [0.1, 0.15) is 24.6 Å². The Morgan fingerprint density at radius 3 is 2.28 bits per heavy atom. The summed E-state index contributed by atoms with van der Waals surface area (Å²) >= 11 is 12.1. The Kier molecular flexibility index (Phi) is 6.82. The van der Waals surface area contributed by atoms with Gasteiger partial charge in [-0.05, 0) is 35.9 Å². The molecule has 0 bridgehead atoms. The molecule has 1 saturated heterocycles. The third-order valence-electron chi connectivity index (χ3n) is 5.54. The van der Waals surface area contributed by atoms with Crippen molar-refractivity contribution in [2.45, 2.75) is 24.6 Å². The van der Waals surface area contributed by atoms with Gasteiger partial charge in [-0.3, -0.25) is 4.57 Å². The van der Waals surface area contributed by atoms with Gasteiger partial charge in [-0.25, -0.2) is 23.9 Å². The third-order valence-corrected chi connectivity index (χ3v) is 5.97. The number of carbonyl (C=O) groups excluding carboxylic acids is 2. The highest BCUT2D eigenvalue weighted by Crippen LogP contribution is 2.37. The number of esters is 2. The van der Waals surface area contributed by atoms with Gasteiger partial charge in [0.15, 0.2) is 29.3 Å². The predicted octanol–water partition coefficient (Wildman–Crippen LogP) is 4.45. The number of imidazole rings is 1. The molecule has 1 aliphatic rings. The number of aromatic nitrogens is 4. The van der Waals surface area contributed by atoms with Gasteiger partial charge >= 0.3 is 11.9 Å². The van der Waals surface area contributed by atoms with Gasteiger partial charge in [0.2, 0.25) is 5.28 Å². The Labute approximate surface area is 213 Å². The van der Waals surface area contributed by atoms with E-state index in [0.717, 1.165) is 0 Å². The average Bonchev–Trinajstić information content (AvgIpc) is 3.44. The first-order chi connectivity index (χ1) is 17.4. The molecular formula is C24H17Cl2FN4O5. The summed E-state index contributed by atoms with van der Waals surface area (Å²) in [5, 5.41) is -0.183. The topological polar surface area (TPSA) is 105 Å². The van der Waals surface area contributed by atoms with E-state index in [1.54, 1.807) is 48.5 Å². The van der Waals surface area contributed by atoms with Gasteiger partial charge in [0.05, 0.1) is 11.1 Å². The van der Waals surface area contributed by atoms with Gasteiger partial charge in [-0.15, -0.1) is 0 Å². The molecule has 0 aliphatic carbocycles. The zero-order valence-electron chi connectivity index (χ0n) is 18.3. The molecule has 4 atom stereocenters. The maximum absolute atomic E-state index is 15.8. The van der Waals surface area contributed by atoms with Crippen molar-refractivity contribution in [2.75, 3.05) is 6.61 Å². The molecule has 1 fully saturated rings. The van der Waals surface area contributed by atoms with Crippen molar-refractivity contribution >= 4 is 46.3 Å². The molecule has 3 heterocycles. The molecule has 5 rings (SSSR count). The molecule has 0 unspecified atom stereocenters. The van der Waals surface area contributed by atoms with Crippen LogP contribution in [0.5, 0.6) is 0 Å². The van der Waals surface area contributed by atoms with E-state index in [4.69, 9.17) is 37.4 Å². The smallest absolute Gasteiger partial charge is 0.338 e. The van der Waals surface area contributed by atoms with Gasteiger partial charge in [-0.2, -0.15) is 4.98 Å². The summed E-state index contributed by atoms with van der Waals surface area (Å²) in [6.45, 7) is -0.375. The van der Waals surface area contributed by atoms with E-state index in [1.807, 2.05) is 0 Å². The number of hydrogen-bond donors (Lipinski definition) is 0. The second-order valence-corrected chi connectivity index (χ2v) is 8.51. The number of hydrogen-bond acceptors (Lipinski definition) is 8. The molecule has 1 aliphatic heterocycles. The zero-order valence-corrected chi connectivity index (χ0v) is 19.8. The summed E-state index contributed by atoms with van der Waals surface area (Å²) < 4.78 is 33.9. The lowest BCUT2D eigenvalue weighted by Gasteiger charge is -2.19. The van der Waals surface area contributed by atoms with Crippen LogP contribution < -0.4 is 0 Å². The van der Waals surface area contributed by atoms with E-state index < -0.39 is 36.5 Å². The van der Waals surface area contributed by atoms with Crippen LogP contribution in [0.15, 0.2) is 67.0 Å². The molecule has 0 saturated carbocycles. The van der Waals surface area contributed by atoms with Crippen molar-refractivity contribution in [2.24, 2.45) is 0 Å². The second-order valence-electron chi connectivity index (χ2n) is 7.82. The number of rotatable bonds is 6. The van der Waals surface area contributed by atoms with Gasteiger partial charge in [-0.1, -0.05) is 48.0 Å². The molecule has 9 nitrogen and oxygen atoms in total. The van der Waals surface area contributed by atoms with Crippen LogP contribution in [0.3, 0.4) is 0 Å². The van der Waals surface area contributed by atoms with Crippen LogP contribution in [0.4, 0.5) is 4.39 Å². The Morgan fingerprint density at radius 1 is 0.972 bits per heavy atom. The molecule has 36 heavy (non-hydrogen) atoms. The maximum atomic E-state index is 15.8. The number of fused-ring (bicyclic) bond motifs is 1. The first kappa shape index (κ1) is 24.1. The minimum Gasteiger partial charge on any atom is -0.459 e. The molecule has 0 spiro atoms. The maximum Gasteiger partial charge on any atom is 0.338 e. The largest absolute Gasteiger partial charge is 0.459 e. The second kappa shape index (κ2) is 10.2. The normalized spacial score (nSPS) is 21.4. The minimum absolute atomic E-state index is 0.0601. The Morgan fingerprint density at radius 2 is 1.61 bits per heavy atom. The summed E-state index contributed by atoms with van der Waals surface area (Å²) in [6, 6.07) is 16.4. The van der Waals surface area contributed by atoms with Crippen molar-refractivity contribution in [3.8, 4) is 0 Å². The van der Waals surface area contributed by atoms with Crippen LogP contribution in [-0.2, 0) is 14.2 Å². The Bertz CT molecular complexity index is 1410. The van der Waals surface area contributed by atoms with Crippen LogP contribution in [0, 0.1) is 0 Å². The van der Waals surface area contributed by atoms with Crippen LogP contribution >= 0.6 is 23.2 Å². The first-order valence-corrected chi connectivity index (χ1v) is 11.5. The molecule has 0 radical (unpaired) electrons. The van der Waals surface area contributed by atoms with E-state index >= 15 is 4.39 Å². The highest BCUT2D eigenvalue weighted by molar-refractivity contribution is 6.35. The Hall–Kier alpha value is -3.60. The predicted molar refractivity (Wildman–Crippen MR) is 127 cm³/mol. The lowest BCUT2D eigenvalue weighted by molar-refractivity contribution is -0.0568. The highest BCUT2D eigenvalue weighted by atomic mass is 35.5. The van der Waals surface area contributed by atoms with Crippen LogP contribution in [0.1, 0.15) is 26.9 Å². The standard InChI is InChI=1S/C24H17Cl2FN4O5/c25-19-17-20(30-24(26)29-19)28-12-31(17)21-16(27)18(36-23(33)14-9-5-2-6-10-14)15(35-21)11-34-22(32)13-7-3-1-4-8-13/h1-10,12,15-16,18,21H,11H2/t15-,16+,18-,21-/m1/s1. The molecule has 4 aromatic rings. The van der Waals surface area contributed by atoms with E-state index in [-0.39, 0.29) is 33.8 Å². The number of ether oxygens (including phenoxy) is 3. The lowest BCUT2D eigenvalue weighted by atomic mass is 10.1. The van der Waals surface area contributed by atoms with Crippen LogP contribution in [0.25, 0.3) is 11.2 Å². The summed E-state index contributed by atoms with van der Waals surface area (Å²) in [6.07, 6.45) is -4.47. The summed E-state index contributed by atoms with van der Waals surface area (Å²) in [4.78, 5) is 37.1. The fraction of sp³-hybridized carbons (Fsp3) is 0.208. The van der Waals surface area contributed by atoms with Crippen molar-refractivity contribution in [3.63, 3.8) is 0 Å². The fourth-order valence-corrected chi connectivity index (χ4v) is 4.32. The number of halogens is 3. The molecule has 184 valence electrons. The van der Waals surface area contributed by atoms with Gasteiger partial charge < -0.3 is 14.2 Å². The highest BCUT2D eigenvalue weighted by Gasteiger charge is 2.50. The molecule has 12 heteroatoms.